The van der Waals surface area contributed by atoms with Crippen molar-refractivity contribution in [3.8, 4) is 5.75 Å². The summed E-state index contributed by atoms with van der Waals surface area (Å²) in [4.78, 5) is 25.0. The molecule has 0 aliphatic carbocycles. The van der Waals surface area contributed by atoms with E-state index in [4.69, 9.17) is 9.26 Å². The van der Waals surface area contributed by atoms with E-state index in [9.17, 15) is 14.2 Å². The number of unbranched alkanes of at least 4 members (excludes halogenated alkanes) is 1. The molecule has 0 fully saturated rings. The molecular weight excluding hydrogens is 449 g/mol. The maximum atomic E-state index is 14.1. The second-order valence-electron chi connectivity index (χ2n) is 8.32. The van der Waals surface area contributed by atoms with E-state index in [1.54, 1.807) is 12.1 Å². The third-order valence-electron chi connectivity index (χ3n) is 5.44. The Morgan fingerprint density at radius 1 is 0.912 bits per heavy atom. The summed E-state index contributed by atoms with van der Waals surface area (Å²) in [6.45, 7) is 5.22. The van der Waals surface area contributed by atoms with Crippen LogP contribution in [0, 0.1) is 0 Å². The van der Waals surface area contributed by atoms with Crippen LogP contribution in [0.1, 0.15) is 57.9 Å². The highest BCUT2D eigenvalue weighted by Gasteiger charge is 2.36. The minimum Gasteiger partial charge on any atom is -0.441 e. The highest BCUT2D eigenvalue weighted by molar-refractivity contribution is 7.60. The Labute approximate surface area is 203 Å². The fourth-order valence-electron chi connectivity index (χ4n) is 3.67. The van der Waals surface area contributed by atoms with E-state index in [-0.39, 0.29) is 24.5 Å². The average Bonchev–Trinajstić information content (AvgIpc) is 2.83. The van der Waals surface area contributed by atoms with E-state index in [0.29, 0.717) is 44.4 Å². The highest BCUT2D eigenvalue weighted by atomic mass is 31.2. The predicted molar refractivity (Wildman–Crippen MR) is 136 cm³/mol. The van der Waals surface area contributed by atoms with Crippen LogP contribution < -0.4 is 9.84 Å². The van der Waals surface area contributed by atoms with Gasteiger partial charge in [-0.05, 0) is 43.9 Å². The number of amides is 1. The molecular formula is C27H38NO5P. The van der Waals surface area contributed by atoms with Gasteiger partial charge < -0.3 is 14.6 Å². The molecule has 0 aromatic heterocycles. The number of hydrogen-bond donors (Lipinski definition) is 1. The zero-order valence-electron chi connectivity index (χ0n) is 20.4. The van der Waals surface area contributed by atoms with Crippen molar-refractivity contribution >= 4 is 19.1 Å². The van der Waals surface area contributed by atoms with E-state index >= 15 is 0 Å². The first kappa shape index (κ1) is 27.8. The number of nitrogens with one attached hydrogen (secondary N) is 1. The van der Waals surface area contributed by atoms with Gasteiger partial charge in [0.1, 0.15) is 17.3 Å². The fraction of sp³-hybridized carbons (Fsp3) is 0.481. The summed E-state index contributed by atoms with van der Waals surface area (Å²) < 4.78 is 25.4. The molecule has 0 heterocycles. The Balaban J connectivity index is 2.05. The molecule has 0 unspecified atom stereocenters. The zero-order valence-corrected chi connectivity index (χ0v) is 21.3. The number of Topliss-reactive ketones (excluding diaryl/α,β-unsaturated/α-hetero) is 1. The summed E-state index contributed by atoms with van der Waals surface area (Å²) >= 11 is 0. The number of carbonyl (C=O) groups is 2. The van der Waals surface area contributed by atoms with E-state index in [2.05, 4.69) is 5.32 Å². The van der Waals surface area contributed by atoms with Crippen LogP contribution in [0.4, 0.5) is 0 Å². The van der Waals surface area contributed by atoms with Crippen molar-refractivity contribution in [1.29, 1.82) is 0 Å². The number of carbonyl (C=O) groups excluding carboxylic acids is 2. The lowest BCUT2D eigenvalue weighted by molar-refractivity contribution is -0.125. The molecule has 6 nitrogen and oxygen atoms in total. The second kappa shape index (κ2) is 15.5. The highest BCUT2D eigenvalue weighted by Crippen LogP contribution is 2.52. The molecule has 0 saturated heterocycles. The molecule has 0 saturated carbocycles. The summed E-state index contributed by atoms with van der Waals surface area (Å²) in [6, 6.07) is 18.7. The van der Waals surface area contributed by atoms with Crippen LogP contribution in [-0.2, 0) is 25.3 Å². The van der Waals surface area contributed by atoms with Crippen LogP contribution in [-0.4, -0.2) is 36.8 Å². The van der Waals surface area contributed by atoms with Crippen LogP contribution in [0.25, 0.3) is 0 Å². The Morgan fingerprint density at radius 3 is 2.24 bits per heavy atom. The monoisotopic (exact) mass is 487 g/mol. The number of hydrogen-bond acceptors (Lipinski definition) is 5. The molecule has 0 radical (unpaired) electrons. The van der Waals surface area contributed by atoms with Crippen molar-refractivity contribution in [2.45, 2.75) is 64.6 Å². The fourth-order valence-corrected chi connectivity index (χ4v) is 6.13. The third-order valence-corrected chi connectivity index (χ3v) is 8.29. The van der Waals surface area contributed by atoms with Gasteiger partial charge in [0.2, 0.25) is 5.91 Å². The summed E-state index contributed by atoms with van der Waals surface area (Å²) in [5.74, 6) is -0.377. The van der Waals surface area contributed by atoms with Crippen molar-refractivity contribution in [2.75, 3.05) is 19.4 Å². The Bertz CT molecular complexity index is 904. The van der Waals surface area contributed by atoms with Crippen LogP contribution in [0.5, 0.6) is 5.75 Å². The molecule has 2 rings (SSSR count). The van der Waals surface area contributed by atoms with Gasteiger partial charge in [-0.3, -0.25) is 14.2 Å². The van der Waals surface area contributed by atoms with Crippen LogP contribution in [0.3, 0.4) is 0 Å². The number of benzene rings is 2. The normalized spacial score (nSPS) is 13.6. The smallest absolute Gasteiger partial charge is 0.269 e. The lowest BCUT2D eigenvalue weighted by Gasteiger charge is -2.29. The van der Waals surface area contributed by atoms with Crippen LogP contribution in [0.2, 0.25) is 0 Å². The molecule has 0 bridgehead atoms. The third kappa shape index (κ3) is 10.2. The molecule has 2 aromatic carbocycles. The van der Waals surface area contributed by atoms with Gasteiger partial charge in [-0.15, -0.1) is 0 Å². The van der Waals surface area contributed by atoms with Gasteiger partial charge in [-0.2, -0.15) is 0 Å². The first-order valence-electron chi connectivity index (χ1n) is 12.2. The van der Waals surface area contributed by atoms with Crippen molar-refractivity contribution in [1.82, 2.24) is 5.32 Å². The molecule has 1 N–H and O–H groups in total. The maximum absolute atomic E-state index is 14.1. The lowest BCUT2D eigenvalue weighted by atomic mass is 10.1. The van der Waals surface area contributed by atoms with Crippen LogP contribution in [0.15, 0.2) is 60.7 Å². The average molecular weight is 488 g/mol. The molecule has 0 aliphatic heterocycles. The van der Waals surface area contributed by atoms with Gasteiger partial charge in [-0.1, -0.05) is 55.5 Å². The molecule has 1 amide bonds. The lowest BCUT2D eigenvalue weighted by Crippen LogP contribution is -2.38. The standard InChI is InChI=1S/C27H38NO5P/c1-3-21-34(31,33-25-16-9-6-10-17-25)27(22-23-13-7-5-8-14-23)28-26(30)19-18-24(29)15-11-12-20-32-4-2/h5-10,13-14,16-17,27H,3-4,11-12,15,18-22H2,1-2H3,(H,28,30)/t27-,34-/m1/s1. The minimum atomic E-state index is -3.28. The Hall–Kier alpha value is -2.43. The van der Waals surface area contributed by atoms with E-state index < -0.39 is 13.2 Å². The van der Waals surface area contributed by atoms with Crippen molar-refractivity contribution in [2.24, 2.45) is 0 Å². The maximum Gasteiger partial charge on any atom is 0.269 e. The van der Waals surface area contributed by atoms with Crippen LogP contribution >= 0.6 is 7.37 Å². The molecule has 0 spiro atoms. The van der Waals surface area contributed by atoms with E-state index in [1.165, 1.54) is 0 Å². The molecule has 34 heavy (non-hydrogen) atoms. The predicted octanol–water partition coefficient (Wildman–Crippen LogP) is 5.99. The number of rotatable bonds is 17. The van der Waals surface area contributed by atoms with Gasteiger partial charge in [0, 0.05) is 45.1 Å². The van der Waals surface area contributed by atoms with Gasteiger partial charge in [0.25, 0.3) is 7.37 Å². The quantitative estimate of drug-likeness (QED) is 0.219. The Kier molecular flexibility index (Phi) is 12.7. The molecule has 2 aromatic rings. The van der Waals surface area contributed by atoms with Gasteiger partial charge in [0.05, 0.1) is 0 Å². The SMILES string of the molecule is CCC[P@@](=O)(Oc1ccccc1)[C@H](Cc1ccccc1)NC(=O)CCC(=O)CCCCOCC. The number of ether oxygens (including phenoxy) is 1. The summed E-state index contributed by atoms with van der Waals surface area (Å²) in [6.07, 6.45) is 3.68. The van der Waals surface area contributed by atoms with Crippen molar-refractivity contribution < 1.29 is 23.4 Å². The molecule has 7 heteroatoms. The topological polar surface area (TPSA) is 81.7 Å². The van der Waals surface area contributed by atoms with E-state index in [0.717, 1.165) is 18.4 Å². The van der Waals surface area contributed by atoms with E-state index in [1.807, 2.05) is 62.4 Å². The van der Waals surface area contributed by atoms with Crippen molar-refractivity contribution in [3.63, 3.8) is 0 Å². The van der Waals surface area contributed by atoms with Gasteiger partial charge in [0.15, 0.2) is 0 Å². The zero-order chi connectivity index (χ0) is 24.7. The summed E-state index contributed by atoms with van der Waals surface area (Å²) in [5, 5.41) is 2.95. The first-order valence-corrected chi connectivity index (χ1v) is 14.1. The first-order chi connectivity index (χ1) is 16.5. The summed E-state index contributed by atoms with van der Waals surface area (Å²) in [7, 11) is -3.28. The molecule has 0 aliphatic rings. The Morgan fingerprint density at radius 2 is 1.59 bits per heavy atom. The number of ketones is 1. The number of para-hydroxylation sites is 1. The second-order valence-corrected chi connectivity index (χ2v) is 11.0. The molecule has 186 valence electrons. The van der Waals surface area contributed by atoms with Gasteiger partial charge >= 0.3 is 0 Å². The minimum absolute atomic E-state index is 0.0588. The largest absolute Gasteiger partial charge is 0.441 e. The molecule has 2 atom stereocenters. The van der Waals surface area contributed by atoms with Gasteiger partial charge in [-0.25, -0.2) is 0 Å². The summed E-state index contributed by atoms with van der Waals surface area (Å²) in [5.41, 5.74) is 0.964. The van der Waals surface area contributed by atoms with Crippen molar-refractivity contribution in [3.05, 3.63) is 66.2 Å².